The number of benzene rings is 2. The van der Waals surface area contributed by atoms with Gasteiger partial charge in [-0.1, -0.05) is 42.8 Å². The number of rotatable bonds is 8. The Bertz CT molecular complexity index is 978. The Morgan fingerprint density at radius 1 is 1.24 bits per heavy atom. The normalized spacial score (nSPS) is 13.4. The first-order valence-electron chi connectivity index (χ1n) is 9.29. The molecule has 0 aliphatic rings. The Morgan fingerprint density at radius 2 is 1.90 bits per heavy atom. The Kier molecular flexibility index (Phi) is 7.54. The van der Waals surface area contributed by atoms with Crippen molar-refractivity contribution in [3.8, 4) is 5.75 Å². The van der Waals surface area contributed by atoms with Crippen LogP contribution in [0.4, 0.5) is 5.69 Å². The van der Waals surface area contributed by atoms with Crippen molar-refractivity contribution in [2.75, 3.05) is 17.7 Å². The van der Waals surface area contributed by atoms with Gasteiger partial charge >= 0.3 is 0 Å². The molecule has 0 saturated carbocycles. The SMILES string of the molecule is CC[C@H](C(=O)N[C@H](C)c1ccccc1OC)N(c1ccc(C)c(Cl)c1)S(C)(=O)=O. The van der Waals surface area contributed by atoms with E-state index in [-0.39, 0.29) is 6.04 Å². The first kappa shape index (κ1) is 23.0. The fraction of sp³-hybridized carbons (Fsp3) is 0.381. The quantitative estimate of drug-likeness (QED) is 0.673. The van der Waals surface area contributed by atoms with Gasteiger partial charge in [0.25, 0.3) is 0 Å². The second kappa shape index (κ2) is 9.50. The molecule has 158 valence electrons. The van der Waals surface area contributed by atoms with Crippen molar-refractivity contribution in [1.29, 1.82) is 0 Å². The maximum atomic E-state index is 13.1. The number of carbonyl (C=O) groups is 1. The van der Waals surface area contributed by atoms with Crippen molar-refractivity contribution in [3.05, 3.63) is 58.6 Å². The molecule has 0 unspecified atom stereocenters. The van der Waals surface area contributed by atoms with E-state index in [1.54, 1.807) is 32.2 Å². The number of carbonyl (C=O) groups excluding carboxylic acids is 1. The predicted molar refractivity (Wildman–Crippen MR) is 117 cm³/mol. The summed E-state index contributed by atoms with van der Waals surface area (Å²) >= 11 is 6.20. The number of sulfonamides is 1. The highest BCUT2D eigenvalue weighted by Gasteiger charge is 2.32. The lowest BCUT2D eigenvalue weighted by atomic mass is 10.1. The molecule has 0 aliphatic carbocycles. The molecule has 2 atom stereocenters. The molecule has 0 aliphatic heterocycles. The summed E-state index contributed by atoms with van der Waals surface area (Å²) in [4.78, 5) is 13.1. The summed E-state index contributed by atoms with van der Waals surface area (Å²) in [5.41, 5.74) is 1.99. The van der Waals surface area contributed by atoms with Crippen molar-refractivity contribution in [1.82, 2.24) is 5.32 Å². The van der Waals surface area contributed by atoms with Crippen LogP contribution in [0.3, 0.4) is 0 Å². The predicted octanol–water partition coefficient (Wildman–Crippen LogP) is 4.08. The molecule has 0 heterocycles. The first-order chi connectivity index (χ1) is 13.6. The smallest absolute Gasteiger partial charge is 0.244 e. The van der Waals surface area contributed by atoms with Crippen LogP contribution in [0.15, 0.2) is 42.5 Å². The topological polar surface area (TPSA) is 75.7 Å². The Labute approximate surface area is 177 Å². The number of ether oxygens (including phenoxy) is 1. The van der Waals surface area contributed by atoms with Crippen LogP contribution in [0.25, 0.3) is 0 Å². The maximum Gasteiger partial charge on any atom is 0.244 e. The van der Waals surface area contributed by atoms with E-state index < -0.39 is 22.0 Å². The fourth-order valence-corrected chi connectivity index (χ4v) is 4.57. The molecule has 1 N–H and O–H groups in total. The molecule has 0 spiro atoms. The van der Waals surface area contributed by atoms with Gasteiger partial charge in [-0.2, -0.15) is 0 Å². The summed E-state index contributed by atoms with van der Waals surface area (Å²) in [7, 11) is -2.16. The molecule has 0 radical (unpaired) electrons. The van der Waals surface area contributed by atoms with Crippen LogP contribution in [0.5, 0.6) is 5.75 Å². The highest BCUT2D eigenvalue weighted by atomic mass is 35.5. The minimum absolute atomic E-state index is 0.295. The van der Waals surface area contributed by atoms with Gasteiger partial charge in [0.2, 0.25) is 15.9 Å². The van der Waals surface area contributed by atoms with Gasteiger partial charge in [-0.25, -0.2) is 8.42 Å². The third-order valence-corrected chi connectivity index (χ3v) is 6.29. The Hall–Kier alpha value is -2.25. The minimum atomic E-state index is -3.73. The van der Waals surface area contributed by atoms with E-state index in [0.29, 0.717) is 22.9 Å². The molecule has 29 heavy (non-hydrogen) atoms. The zero-order chi connectivity index (χ0) is 21.8. The number of hydrogen-bond donors (Lipinski definition) is 1. The molecular weight excluding hydrogens is 412 g/mol. The number of hydrogen-bond acceptors (Lipinski definition) is 4. The summed E-state index contributed by atoms with van der Waals surface area (Å²) in [5, 5.41) is 3.35. The van der Waals surface area contributed by atoms with Crippen LogP contribution in [-0.2, 0) is 14.8 Å². The number of halogens is 1. The second-order valence-electron chi connectivity index (χ2n) is 6.89. The van der Waals surface area contributed by atoms with Crippen molar-refractivity contribution in [3.63, 3.8) is 0 Å². The van der Waals surface area contributed by atoms with Crippen LogP contribution < -0.4 is 14.4 Å². The summed E-state index contributed by atoms with van der Waals surface area (Å²) in [6, 6.07) is 11.0. The van der Waals surface area contributed by atoms with Crippen LogP contribution in [0.1, 0.15) is 37.4 Å². The number of nitrogens with one attached hydrogen (secondary N) is 1. The van der Waals surface area contributed by atoms with Gasteiger partial charge in [-0.15, -0.1) is 0 Å². The molecular formula is C21H27ClN2O4S. The van der Waals surface area contributed by atoms with Gasteiger partial charge in [0.1, 0.15) is 11.8 Å². The molecule has 0 aromatic heterocycles. The number of para-hydroxylation sites is 1. The first-order valence-corrected chi connectivity index (χ1v) is 11.5. The molecule has 2 aromatic carbocycles. The van der Waals surface area contributed by atoms with E-state index in [9.17, 15) is 13.2 Å². The number of nitrogens with zero attached hydrogens (tertiary/aromatic N) is 1. The van der Waals surface area contributed by atoms with E-state index in [4.69, 9.17) is 16.3 Å². The third kappa shape index (κ3) is 5.42. The zero-order valence-electron chi connectivity index (χ0n) is 17.3. The largest absolute Gasteiger partial charge is 0.496 e. The van der Waals surface area contributed by atoms with Crippen molar-refractivity contribution >= 4 is 33.2 Å². The molecule has 0 bridgehead atoms. The standard InChI is InChI=1S/C21H27ClN2O4S/c1-6-19(21(25)23-15(3)17-9-7-8-10-20(17)28-4)24(29(5,26)27)16-12-11-14(2)18(22)13-16/h7-13,15,19H,6H2,1-5H3,(H,23,25)/t15-,19-/m1/s1. The Balaban J connectivity index is 2.36. The summed E-state index contributed by atoms with van der Waals surface area (Å²) < 4.78 is 31.6. The van der Waals surface area contributed by atoms with E-state index >= 15 is 0 Å². The molecule has 6 nitrogen and oxygen atoms in total. The minimum Gasteiger partial charge on any atom is -0.496 e. The number of methoxy groups -OCH3 is 1. The van der Waals surface area contributed by atoms with Crippen LogP contribution in [0, 0.1) is 6.92 Å². The number of aryl methyl sites for hydroxylation is 1. The number of amides is 1. The van der Waals surface area contributed by atoms with Gasteiger partial charge < -0.3 is 10.1 Å². The molecule has 2 aromatic rings. The molecule has 1 amide bonds. The molecule has 0 fully saturated rings. The van der Waals surface area contributed by atoms with E-state index in [1.165, 1.54) is 0 Å². The lowest BCUT2D eigenvalue weighted by Crippen LogP contribution is -2.49. The molecule has 0 saturated heterocycles. The Morgan fingerprint density at radius 3 is 2.45 bits per heavy atom. The average Bonchev–Trinajstić information content (AvgIpc) is 2.67. The highest BCUT2D eigenvalue weighted by Crippen LogP contribution is 2.29. The number of anilines is 1. The van der Waals surface area contributed by atoms with Gasteiger partial charge in [0.05, 0.1) is 25.1 Å². The van der Waals surface area contributed by atoms with Crippen LogP contribution in [0.2, 0.25) is 5.02 Å². The van der Waals surface area contributed by atoms with Gasteiger partial charge in [0.15, 0.2) is 0 Å². The van der Waals surface area contributed by atoms with E-state index in [2.05, 4.69) is 5.32 Å². The lowest BCUT2D eigenvalue weighted by Gasteiger charge is -2.31. The van der Waals surface area contributed by atoms with Crippen LogP contribution >= 0.6 is 11.6 Å². The van der Waals surface area contributed by atoms with Crippen molar-refractivity contribution < 1.29 is 17.9 Å². The zero-order valence-corrected chi connectivity index (χ0v) is 18.8. The van der Waals surface area contributed by atoms with Gasteiger partial charge in [0, 0.05) is 10.6 Å². The highest BCUT2D eigenvalue weighted by molar-refractivity contribution is 7.92. The lowest BCUT2D eigenvalue weighted by molar-refractivity contribution is -0.122. The summed E-state index contributed by atoms with van der Waals surface area (Å²) in [6.07, 6.45) is 1.38. The summed E-state index contributed by atoms with van der Waals surface area (Å²) in [6.45, 7) is 5.43. The van der Waals surface area contributed by atoms with Crippen molar-refractivity contribution in [2.45, 2.75) is 39.3 Å². The van der Waals surface area contributed by atoms with Gasteiger partial charge in [-0.3, -0.25) is 9.10 Å². The maximum absolute atomic E-state index is 13.1. The van der Waals surface area contributed by atoms with Crippen LogP contribution in [-0.4, -0.2) is 33.7 Å². The monoisotopic (exact) mass is 438 g/mol. The second-order valence-corrected chi connectivity index (χ2v) is 9.16. The summed E-state index contributed by atoms with van der Waals surface area (Å²) in [5.74, 6) is 0.256. The average molecular weight is 439 g/mol. The fourth-order valence-electron chi connectivity index (χ4n) is 3.19. The molecule has 2 rings (SSSR count). The van der Waals surface area contributed by atoms with Gasteiger partial charge in [-0.05, 0) is 44.0 Å². The molecule has 8 heteroatoms. The van der Waals surface area contributed by atoms with E-state index in [0.717, 1.165) is 21.7 Å². The van der Waals surface area contributed by atoms with E-state index in [1.807, 2.05) is 38.1 Å². The van der Waals surface area contributed by atoms with Crippen molar-refractivity contribution in [2.24, 2.45) is 0 Å². The third-order valence-electron chi connectivity index (χ3n) is 4.70.